The Bertz CT molecular complexity index is 5740. The van der Waals surface area contributed by atoms with Crippen LogP contribution in [0, 0.1) is 16.9 Å². The van der Waals surface area contributed by atoms with Crippen LogP contribution in [0.15, 0.2) is 370 Å². The Morgan fingerprint density at radius 2 is 0.759 bits per heavy atom. The minimum Gasteiger partial charge on any atom is -0.311 e. The summed E-state index contributed by atoms with van der Waals surface area (Å²) in [5, 5.41) is 4.78. The molecule has 108 heavy (non-hydrogen) atoms. The number of hydrogen-bond acceptors (Lipinski definition) is 7. The second-order valence-corrected chi connectivity index (χ2v) is 28.3. The molecule has 0 atom stereocenters. The summed E-state index contributed by atoms with van der Waals surface area (Å²) in [5.41, 5.74) is 23.3. The fraction of sp³-hybridized carbons (Fsp3) is 0.0909. The van der Waals surface area contributed by atoms with Crippen molar-refractivity contribution in [3.8, 4) is 84.0 Å². The Morgan fingerprint density at radius 3 is 1.26 bits per heavy atom. The smallest absolute Gasteiger partial charge is 0.145 e. The molecule has 0 amide bonds. The average molecular weight is 1580 g/mol. The molecule has 0 fully saturated rings. The summed E-state index contributed by atoms with van der Waals surface area (Å²) in [6.45, 7) is 11.0. The van der Waals surface area contributed by atoms with Crippen molar-refractivity contribution in [2.75, 3.05) is 4.90 Å². The number of rotatable bonds is 13. The quantitative estimate of drug-likeness (QED) is 0.0645. The Kier molecular flexibility index (Phi) is 22.9. The molecule has 4 heterocycles. The van der Waals surface area contributed by atoms with Gasteiger partial charge in [0.05, 0.1) is 39.9 Å². The van der Waals surface area contributed by atoms with Crippen LogP contribution in [0.3, 0.4) is 0 Å². The molecule has 0 aliphatic carbocycles. The van der Waals surface area contributed by atoms with Crippen molar-refractivity contribution in [2.24, 2.45) is 10.8 Å². The van der Waals surface area contributed by atoms with E-state index in [0.29, 0.717) is 0 Å². The standard InChI is InChI=1S/C42H30N2.C24H16N2.C22H15N2.C11H20O2.Ir/c1-4-12-31(13-5-1)32-20-25-37(26-21-32)43(35-14-6-2-7-15-35)38-27-22-33(23-28-38)34-24-29-42-40(30-34)39-18-10-11-19-41(39)44(42)36-16-8-3-9-17-36;1-3-7-17(8-4-1)19-13-15-25-23-21(19)11-12-22-20(14-16-26-24(22)23)18-9-5-2-6-10-18;1-4-10-17(11-5-1)20-16-23-21(18-12-6-2-7-13-18)22(24-20)19-14-8-3-9-15-19;1-10(2,3)8(12)7-9(13)11(4,5)6;/h1-30H;1-16H;1-12,14-16H;7H2,1-6H3;/q;;-1;;. The summed E-state index contributed by atoms with van der Waals surface area (Å²) in [6.07, 6.45) is 5.65. The maximum absolute atomic E-state index is 11.5. The first-order valence-electron chi connectivity index (χ1n) is 36.2. The van der Waals surface area contributed by atoms with E-state index >= 15 is 0 Å². The number of aromatic nitrogens is 5. The third-order valence-electron chi connectivity index (χ3n) is 19.0. The molecule has 13 aromatic carbocycles. The van der Waals surface area contributed by atoms with Gasteiger partial charge in [0.1, 0.15) is 11.6 Å². The van der Waals surface area contributed by atoms with Crippen molar-refractivity contribution < 1.29 is 29.7 Å². The molecule has 0 saturated heterocycles. The molecule has 8 nitrogen and oxygen atoms in total. The van der Waals surface area contributed by atoms with E-state index in [1.807, 2.05) is 145 Å². The van der Waals surface area contributed by atoms with E-state index in [1.54, 1.807) is 0 Å². The molecule has 17 aromatic rings. The number of para-hydroxylation sites is 3. The van der Waals surface area contributed by atoms with Crippen molar-refractivity contribution >= 4 is 72.2 Å². The van der Waals surface area contributed by atoms with E-state index in [4.69, 9.17) is 9.97 Å². The van der Waals surface area contributed by atoms with Crippen LogP contribution < -0.4 is 4.90 Å². The second kappa shape index (κ2) is 33.6. The number of anilines is 3. The number of benzene rings is 13. The molecule has 0 aliphatic heterocycles. The summed E-state index contributed by atoms with van der Waals surface area (Å²) >= 11 is 0. The molecule has 9 heteroatoms. The number of fused-ring (bicyclic) bond motifs is 6. The van der Waals surface area contributed by atoms with Gasteiger partial charge in [-0.15, -0.1) is 35.9 Å². The maximum atomic E-state index is 11.5. The van der Waals surface area contributed by atoms with Crippen LogP contribution >= 0.6 is 0 Å². The van der Waals surface area contributed by atoms with E-state index in [-0.39, 0.29) is 38.1 Å². The number of pyridine rings is 2. The number of carbonyl (C=O) groups is 2. The third kappa shape index (κ3) is 16.9. The monoisotopic (exact) mass is 1580 g/mol. The summed E-state index contributed by atoms with van der Waals surface area (Å²) in [5.74, 6) is 0.0415. The Hall–Kier alpha value is -12.7. The van der Waals surface area contributed by atoms with Gasteiger partial charge in [0, 0.05) is 105 Å². The number of Topliss-reactive ketones (excluding diaryl/α,β-unsaturated/α-hetero) is 2. The zero-order valence-electron chi connectivity index (χ0n) is 61.3. The first-order valence-corrected chi connectivity index (χ1v) is 36.2. The first kappa shape index (κ1) is 73.7. The fourth-order valence-corrected chi connectivity index (χ4v) is 13.2. The molecule has 529 valence electrons. The molecule has 1 radical (unpaired) electrons. The van der Waals surface area contributed by atoms with Gasteiger partial charge in [-0.1, -0.05) is 290 Å². The van der Waals surface area contributed by atoms with Gasteiger partial charge >= 0.3 is 0 Å². The van der Waals surface area contributed by atoms with Crippen molar-refractivity contribution in [3.05, 3.63) is 377 Å². The largest absolute Gasteiger partial charge is 0.311 e. The summed E-state index contributed by atoms with van der Waals surface area (Å²) in [4.78, 5) is 44.3. The zero-order valence-corrected chi connectivity index (χ0v) is 63.7. The van der Waals surface area contributed by atoms with Gasteiger partial charge in [-0.2, -0.15) is 0 Å². The molecule has 17 rings (SSSR count). The summed E-state index contributed by atoms with van der Waals surface area (Å²) in [6, 6.07) is 126. The molecule has 0 bridgehead atoms. The predicted molar refractivity (Wildman–Crippen MR) is 445 cm³/mol. The molecule has 4 aromatic heterocycles. The minimum atomic E-state index is -0.402. The van der Waals surface area contributed by atoms with Crippen LogP contribution in [0.1, 0.15) is 48.0 Å². The Morgan fingerprint density at radius 1 is 0.352 bits per heavy atom. The average Bonchev–Trinajstić information content (AvgIpc) is 1.61. The molecule has 0 saturated carbocycles. The van der Waals surface area contributed by atoms with Crippen molar-refractivity contribution in [1.82, 2.24) is 24.5 Å². The van der Waals surface area contributed by atoms with Gasteiger partial charge < -0.3 is 14.5 Å². The molecule has 0 spiro atoms. The van der Waals surface area contributed by atoms with E-state index in [2.05, 4.69) is 292 Å². The normalized spacial score (nSPS) is 11.1. The van der Waals surface area contributed by atoms with Crippen LogP contribution in [0.25, 0.3) is 128 Å². The summed E-state index contributed by atoms with van der Waals surface area (Å²) < 4.78 is 2.36. The molecular weight excluding hydrogens is 1500 g/mol. The van der Waals surface area contributed by atoms with Crippen LogP contribution in [0.2, 0.25) is 0 Å². The minimum absolute atomic E-state index is 0. The number of ketones is 2. The topological polar surface area (TPSA) is 93.9 Å². The van der Waals surface area contributed by atoms with E-state index < -0.39 is 10.8 Å². The Balaban J connectivity index is 0.000000138. The van der Waals surface area contributed by atoms with Crippen molar-refractivity contribution in [1.29, 1.82) is 0 Å². The van der Waals surface area contributed by atoms with Crippen LogP contribution in [-0.2, 0) is 29.7 Å². The van der Waals surface area contributed by atoms with Gasteiger partial charge in [0.15, 0.2) is 0 Å². The molecule has 0 N–H and O–H groups in total. The van der Waals surface area contributed by atoms with Gasteiger partial charge in [-0.05, 0) is 129 Å². The fourth-order valence-electron chi connectivity index (χ4n) is 13.2. The van der Waals surface area contributed by atoms with E-state index in [0.717, 1.165) is 72.6 Å². The van der Waals surface area contributed by atoms with Crippen molar-refractivity contribution in [2.45, 2.75) is 48.0 Å². The molecular formula is C99H81IrN6O2-. The van der Waals surface area contributed by atoms with Crippen molar-refractivity contribution in [3.63, 3.8) is 0 Å². The first-order chi connectivity index (χ1) is 52.2. The van der Waals surface area contributed by atoms with Crippen LogP contribution in [-0.4, -0.2) is 36.1 Å². The number of carbonyl (C=O) groups excluding carboxylic acids is 2. The summed E-state index contributed by atoms with van der Waals surface area (Å²) in [7, 11) is 0. The van der Waals surface area contributed by atoms with E-state index in [1.165, 1.54) is 72.0 Å². The molecule has 0 aliphatic rings. The predicted octanol–water partition coefficient (Wildman–Crippen LogP) is 25.6. The SMILES string of the molecule is CC(C)(C)C(=O)CC(=O)C(C)(C)C.[Ir].[c-]1ccccc1-c1ncc(-c2ccccc2)nc1-c1ccccc1.c1ccc(-c2ccc(N(c3ccccc3)c3ccc(-c4ccc5c(c4)c4ccccc4n5-c4ccccc4)cc3)cc2)cc1.c1ccc(-c2ccnc3c2ccc2c(-c4ccccc4)ccnc23)cc1. The number of hydrogen-bond donors (Lipinski definition) is 0. The van der Waals surface area contributed by atoms with E-state index in [9.17, 15) is 9.59 Å². The Labute approximate surface area is 646 Å². The number of nitrogens with zero attached hydrogens (tertiary/aromatic N) is 6. The van der Waals surface area contributed by atoms with Crippen LogP contribution in [0.4, 0.5) is 17.1 Å². The van der Waals surface area contributed by atoms with Crippen LogP contribution in [0.5, 0.6) is 0 Å². The zero-order chi connectivity index (χ0) is 73.7. The van der Waals surface area contributed by atoms with Gasteiger partial charge in [-0.25, -0.2) is 0 Å². The second-order valence-electron chi connectivity index (χ2n) is 28.3. The van der Waals surface area contributed by atoms with Gasteiger partial charge in [-0.3, -0.25) is 24.5 Å². The third-order valence-corrected chi connectivity index (χ3v) is 19.0. The van der Waals surface area contributed by atoms with Gasteiger partial charge in [0.25, 0.3) is 0 Å². The van der Waals surface area contributed by atoms with Gasteiger partial charge in [0.2, 0.25) is 0 Å². The molecule has 0 unspecified atom stereocenters. The maximum Gasteiger partial charge on any atom is 0.145 e.